The van der Waals surface area contributed by atoms with Gasteiger partial charge in [-0.3, -0.25) is 0 Å². The molecule has 0 bridgehead atoms. The van der Waals surface area contributed by atoms with E-state index in [1.807, 2.05) is 0 Å². The van der Waals surface area contributed by atoms with E-state index in [1.54, 1.807) is 13.8 Å². The lowest BCUT2D eigenvalue weighted by Crippen LogP contribution is -2.44. The molecule has 1 unspecified atom stereocenters. The van der Waals surface area contributed by atoms with Gasteiger partial charge in [-0.1, -0.05) is 0 Å². The standard InChI is InChI=1S/C9H17NO3/c1-3-12-9(11)6(2)13-8-4-7(10)5-8/h6-8H,3-5,10H2,1-2H3. The third-order valence-electron chi connectivity index (χ3n) is 2.15. The van der Waals surface area contributed by atoms with Crippen molar-refractivity contribution in [2.45, 2.75) is 44.9 Å². The van der Waals surface area contributed by atoms with Crippen molar-refractivity contribution in [3.63, 3.8) is 0 Å². The van der Waals surface area contributed by atoms with Crippen LogP contribution in [-0.4, -0.2) is 30.8 Å². The van der Waals surface area contributed by atoms with E-state index in [2.05, 4.69) is 0 Å². The highest BCUT2D eigenvalue weighted by Crippen LogP contribution is 2.22. The maximum absolute atomic E-state index is 11.1. The summed E-state index contributed by atoms with van der Waals surface area (Å²) in [5.41, 5.74) is 5.58. The van der Waals surface area contributed by atoms with Gasteiger partial charge in [0.25, 0.3) is 0 Å². The lowest BCUT2D eigenvalue weighted by molar-refractivity contribution is -0.162. The zero-order valence-electron chi connectivity index (χ0n) is 8.16. The molecule has 0 saturated heterocycles. The van der Waals surface area contributed by atoms with Gasteiger partial charge in [0, 0.05) is 6.04 Å². The van der Waals surface area contributed by atoms with Crippen LogP contribution in [0.3, 0.4) is 0 Å². The molecule has 1 saturated carbocycles. The Labute approximate surface area is 78.4 Å². The van der Waals surface area contributed by atoms with E-state index < -0.39 is 6.10 Å². The SMILES string of the molecule is CCOC(=O)C(C)OC1CC(N)C1. The van der Waals surface area contributed by atoms with Crippen molar-refractivity contribution in [3.05, 3.63) is 0 Å². The topological polar surface area (TPSA) is 61.5 Å². The fourth-order valence-electron chi connectivity index (χ4n) is 1.32. The number of ether oxygens (including phenoxy) is 2. The van der Waals surface area contributed by atoms with E-state index in [-0.39, 0.29) is 18.1 Å². The number of carbonyl (C=O) groups is 1. The van der Waals surface area contributed by atoms with Gasteiger partial charge in [-0.2, -0.15) is 0 Å². The smallest absolute Gasteiger partial charge is 0.334 e. The van der Waals surface area contributed by atoms with Crippen molar-refractivity contribution in [1.29, 1.82) is 0 Å². The molecule has 1 aliphatic rings. The van der Waals surface area contributed by atoms with Crippen LogP contribution < -0.4 is 5.73 Å². The number of hydrogen-bond acceptors (Lipinski definition) is 4. The first-order chi connectivity index (χ1) is 6.13. The molecule has 0 amide bonds. The average molecular weight is 187 g/mol. The molecule has 76 valence electrons. The highest BCUT2D eigenvalue weighted by Gasteiger charge is 2.30. The maximum atomic E-state index is 11.1. The van der Waals surface area contributed by atoms with Crippen molar-refractivity contribution in [3.8, 4) is 0 Å². The first kappa shape index (κ1) is 10.5. The molecule has 0 aromatic carbocycles. The summed E-state index contributed by atoms with van der Waals surface area (Å²) in [4.78, 5) is 11.1. The summed E-state index contributed by atoms with van der Waals surface area (Å²) in [6.07, 6.45) is 1.39. The van der Waals surface area contributed by atoms with E-state index in [0.717, 1.165) is 12.8 Å². The highest BCUT2D eigenvalue weighted by molar-refractivity contribution is 5.74. The molecule has 0 heterocycles. The lowest BCUT2D eigenvalue weighted by atomic mass is 9.90. The van der Waals surface area contributed by atoms with Crippen molar-refractivity contribution in [2.24, 2.45) is 5.73 Å². The molecule has 13 heavy (non-hydrogen) atoms. The normalized spacial score (nSPS) is 29.2. The molecular weight excluding hydrogens is 170 g/mol. The van der Waals surface area contributed by atoms with E-state index in [9.17, 15) is 4.79 Å². The fourth-order valence-corrected chi connectivity index (χ4v) is 1.32. The molecule has 4 heteroatoms. The number of esters is 1. The van der Waals surface area contributed by atoms with E-state index >= 15 is 0 Å². The molecule has 0 aliphatic heterocycles. The second-order valence-corrected chi connectivity index (χ2v) is 3.38. The minimum Gasteiger partial charge on any atom is -0.464 e. The number of carbonyl (C=O) groups excluding carboxylic acids is 1. The van der Waals surface area contributed by atoms with E-state index in [0.29, 0.717) is 6.61 Å². The summed E-state index contributed by atoms with van der Waals surface area (Å²) in [6, 6.07) is 0.249. The quantitative estimate of drug-likeness (QED) is 0.649. The zero-order valence-corrected chi connectivity index (χ0v) is 8.16. The van der Waals surface area contributed by atoms with Crippen molar-refractivity contribution in [1.82, 2.24) is 0 Å². The van der Waals surface area contributed by atoms with Crippen LogP contribution >= 0.6 is 0 Å². The first-order valence-electron chi connectivity index (χ1n) is 4.71. The molecule has 0 spiro atoms. The number of rotatable bonds is 4. The molecular formula is C9H17NO3. The lowest BCUT2D eigenvalue weighted by Gasteiger charge is -2.33. The molecule has 0 aromatic rings. The Balaban J connectivity index is 2.17. The van der Waals surface area contributed by atoms with Crippen LogP contribution in [0.5, 0.6) is 0 Å². The summed E-state index contributed by atoms with van der Waals surface area (Å²) >= 11 is 0. The van der Waals surface area contributed by atoms with Gasteiger partial charge >= 0.3 is 5.97 Å². The second kappa shape index (κ2) is 4.58. The molecule has 1 aliphatic carbocycles. The molecule has 1 rings (SSSR count). The number of nitrogens with two attached hydrogens (primary N) is 1. The van der Waals surface area contributed by atoms with Crippen molar-refractivity contribution < 1.29 is 14.3 Å². The fraction of sp³-hybridized carbons (Fsp3) is 0.889. The van der Waals surface area contributed by atoms with Gasteiger partial charge in [-0.15, -0.1) is 0 Å². The predicted molar refractivity (Wildman–Crippen MR) is 48.2 cm³/mol. The molecule has 1 fully saturated rings. The van der Waals surface area contributed by atoms with E-state index in [4.69, 9.17) is 15.2 Å². The third-order valence-corrected chi connectivity index (χ3v) is 2.15. The summed E-state index contributed by atoms with van der Waals surface area (Å²) < 4.78 is 10.2. The Bertz CT molecular complexity index is 178. The van der Waals surface area contributed by atoms with Gasteiger partial charge in [-0.05, 0) is 26.7 Å². The third kappa shape index (κ3) is 2.97. The highest BCUT2D eigenvalue weighted by atomic mass is 16.6. The van der Waals surface area contributed by atoms with Gasteiger partial charge in [0.2, 0.25) is 0 Å². The Hall–Kier alpha value is -0.610. The monoisotopic (exact) mass is 187 g/mol. The predicted octanol–water partition coefficient (Wildman–Crippen LogP) is 0.444. The van der Waals surface area contributed by atoms with Gasteiger partial charge in [0.15, 0.2) is 6.10 Å². The second-order valence-electron chi connectivity index (χ2n) is 3.38. The molecule has 0 radical (unpaired) electrons. The molecule has 4 nitrogen and oxygen atoms in total. The largest absolute Gasteiger partial charge is 0.464 e. The van der Waals surface area contributed by atoms with Crippen LogP contribution in [-0.2, 0) is 14.3 Å². The Morgan fingerprint density at radius 3 is 2.69 bits per heavy atom. The summed E-state index contributed by atoms with van der Waals surface area (Å²) in [7, 11) is 0. The summed E-state index contributed by atoms with van der Waals surface area (Å²) in [6.45, 7) is 3.89. The van der Waals surface area contributed by atoms with Gasteiger partial charge in [0.05, 0.1) is 12.7 Å². The van der Waals surface area contributed by atoms with Crippen molar-refractivity contribution >= 4 is 5.97 Å². The molecule has 0 aromatic heterocycles. The summed E-state index contributed by atoms with van der Waals surface area (Å²) in [5, 5.41) is 0. The minimum absolute atomic E-state index is 0.148. The Morgan fingerprint density at radius 2 is 2.23 bits per heavy atom. The first-order valence-corrected chi connectivity index (χ1v) is 4.71. The summed E-state index contributed by atoms with van der Waals surface area (Å²) in [5.74, 6) is -0.289. The van der Waals surface area contributed by atoms with Gasteiger partial charge in [-0.25, -0.2) is 4.79 Å². The molecule has 1 atom stereocenters. The van der Waals surface area contributed by atoms with Crippen LogP contribution in [0.15, 0.2) is 0 Å². The van der Waals surface area contributed by atoms with Crippen LogP contribution in [0.1, 0.15) is 26.7 Å². The van der Waals surface area contributed by atoms with Crippen LogP contribution in [0.2, 0.25) is 0 Å². The maximum Gasteiger partial charge on any atom is 0.334 e. The zero-order chi connectivity index (χ0) is 9.84. The van der Waals surface area contributed by atoms with Crippen molar-refractivity contribution in [2.75, 3.05) is 6.61 Å². The Kier molecular flexibility index (Phi) is 3.69. The van der Waals surface area contributed by atoms with Crippen LogP contribution in [0.25, 0.3) is 0 Å². The Morgan fingerprint density at radius 1 is 1.62 bits per heavy atom. The number of hydrogen-bond donors (Lipinski definition) is 1. The van der Waals surface area contributed by atoms with E-state index in [1.165, 1.54) is 0 Å². The average Bonchev–Trinajstić information content (AvgIpc) is 2.02. The minimum atomic E-state index is -0.461. The van der Waals surface area contributed by atoms with Crippen LogP contribution in [0.4, 0.5) is 0 Å². The van der Waals surface area contributed by atoms with Gasteiger partial charge < -0.3 is 15.2 Å². The van der Waals surface area contributed by atoms with Gasteiger partial charge in [0.1, 0.15) is 0 Å². The molecule has 2 N–H and O–H groups in total. The van der Waals surface area contributed by atoms with Crippen LogP contribution in [0, 0.1) is 0 Å².